The number of hydrogen-bond acceptors (Lipinski definition) is 5. The van der Waals surface area contributed by atoms with Crippen LogP contribution in [-0.2, 0) is 0 Å². The summed E-state index contributed by atoms with van der Waals surface area (Å²) >= 11 is 0. The second-order valence-corrected chi connectivity index (χ2v) is 3.91. The lowest BCUT2D eigenvalue weighted by molar-refractivity contribution is 0.102. The third-order valence-electron chi connectivity index (χ3n) is 2.51. The molecule has 0 spiro atoms. The minimum Gasteiger partial charge on any atom is -0.384 e. The lowest BCUT2D eigenvalue weighted by atomic mass is 10.0. The van der Waals surface area contributed by atoms with E-state index in [2.05, 4.69) is 32.3 Å². The van der Waals surface area contributed by atoms with Gasteiger partial charge in [0.2, 0.25) is 5.95 Å². The maximum Gasteiger partial charge on any atom is 0.258 e. The lowest BCUT2D eigenvalue weighted by Crippen LogP contribution is -2.14. The number of nitrogens with zero attached hydrogens (tertiary/aromatic N) is 3. The van der Waals surface area contributed by atoms with E-state index in [0.29, 0.717) is 11.1 Å². The van der Waals surface area contributed by atoms with Crippen molar-refractivity contribution in [3.63, 3.8) is 0 Å². The van der Waals surface area contributed by atoms with Gasteiger partial charge in [-0.3, -0.25) is 10.1 Å². The van der Waals surface area contributed by atoms with Gasteiger partial charge >= 0.3 is 0 Å². The first-order valence-corrected chi connectivity index (χ1v) is 5.86. The first-order valence-electron chi connectivity index (χ1n) is 5.86. The van der Waals surface area contributed by atoms with Crippen molar-refractivity contribution >= 4 is 11.9 Å². The molecule has 1 aromatic heterocycles. The predicted molar refractivity (Wildman–Crippen MR) is 72.9 cm³/mol. The zero-order valence-corrected chi connectivity index (χ0v) is 10.8. The Morgan fingerprint density at radius 2 is 2.25 bits per heavy atom. The van der Waals surface area contributed by atoms with Crippen molar-refractivity contribution < 1.29 is 9.90 Å². The van der Waals surface area contributed by atoms with E-state index in [1.54, 1.807) is 18.2 Å². The van der Waals surface area contributed by atoms with Crippen molar-refractivity contribution in [1.82, 2.24) is 15.2 Å². The van der Waals surface area contributed by atoms with E-state index in [1.807, 2.05) is 6.92 Å². The standard InChI is InChI=1S/C14H12N4O2/c1-10-4-5-12(9-11(10)3-2-8-19)13(20)17-14-15-6-7-16-18-14/h4-7,9,19H,8H2,1H3,(H,15,17,18,20). The molecule has 100 valence electrons. The molecule has 20 heavy (non-hydrogen) atoms. The van der Waals surface area contributed by atoms with Gasteiger partial charge in [0.25, 0.3) is 5.91 Å². The topological polar surface area (TPSA) is 88.0 Å². The van der Waals surface area contributed by atoms with Crippen LogP contribution in [0.25, 0.3) is 0 Å². The van der Waals surface area contributed by atoms with Crippen LogP contribution in [0.15, 0.2) is 30.6 Å². The van der Waals surface area contributed by atoms with Crippen molar-refractivity contribution in [2.75, 3.05) is 11.9 Å². The molecular weight excluding hydrogens is 256 g/mol. The molecule has 0 aliphatic rings. The maximum atomic E-state index is 12.0. The number of hydrogen-bond donors (Lipinski definition) is 2. The number of aliphatic hydroxyl groups excluding tert-OH is 1. The first kappa shape index (κ1) is 13.6. The average molecular weight is 268 g/mol. The summed E-state index contributed by atoms with van der Waals surface area (Å²) in [6.45, 7) is 1.66. The van der Waals surface area contributed by atoms with Crippen molar-refractivity contribution in [2.45, 2.75) is 6.92 Å². The van der Waals surface area contributed by atoms with Crippen LogP contribution in [0.1, 0.15) is 21.5 Å². The van der Waals surface area contributed by atoms with Gasteiger partial charge in [0.1, 0.15) is 6.61 Å². The van der Waals surface area contributed by atoms with Crippen LogP contribution >= 0.6 is 0 Å². The Kier molecular flexibility index (Phi) is 4.37. The Morgan fingerprint density at radius 3 is 2.95 bits per heavy atom. The lowest BCUT2D eigenvalue weighted by Gasteiger charge is -2.05. The summed E-state index contributed by atoms with van der Waals surface area (Å²) in [5, 5.41) is 18.6. The van der Waals surface area contributed by atoms with Gasteiger partial charge < -0.3 is 5.11 Å². The Hall–Kier alpha value is -2.78. The number of rotatable bonds is 2. The van der Waals surface area contributed by atoms with Gasteiger partial charge in [0.05, 0.1) is 12.4 Å². The fraction of sp³-hybridized carbons (Fsp3) is 0.143. The third kappa shape index (κ3) is 3.37. The van der Waals surface area contributed by atoms with Crippen LogP contribution in [0.5, 0.6) is 0 Å². The van der Waals surface area contributed by atoms with Crippen LogP contribution in [-0.4, -0.2) is 32.8 Å². The van der Waals surface area contributed by atoms with Gasteiger partial charge in [-0.25, -0.2) is 4.98 Å². The molecule has 0 saturated carbocycles. The molecule has 0 saturated heterocycles. The summed E-state index contributed by atoms with van der Waals surface area (Å²) in [6.07, 6.45) is 2.86. The van der Waals surface area contributed by atoms with Crippen LogP contribution < -0.4 is 5.32 Å². The van der Waals surface area contributed by atoms with Crippen LogP contribution in [0.3, 0.4) is 0 Å². The summed E-state index contributed by atoms with van der Waals surface area (Å²) in [6, 6.07) is 5.13. The molecule has 0 unspecified atom stereocenters. The number of amides is 1. The fourth-order valence-electron chi connectivity index (χ4n) is 1.51. The molecule has 1 amide bonds. The van der Waals surface area contributed by atoms with Gasteiger partial charge in [-0.05, 0) is 24.6 Å². The molecule has 1 heterocycles. The first-order chi connectivity index (χ1) is 9.70. The number of nitrogens with one attached hydrogen (secondary N) is 1. The number of carbonyl (C=O) groups excluding carboxylic acids is 1. The van der Waals surface area contributed by atoms with E-state index in [-0.39, 0.29) is 18.5 Å². The fourth-order valence-corrected chi connectivity index (χ4v) is 1.51. The summed E-state index contributed by atoms with van der Waals surface area (Å²) in [5.41, 5.74) is 2.06. The smallest absolute Gasteiger partial charge is 0.258 e. The Morgan fingerprint density at radius 1 is 1.40 bits per heavy atom. The van der Waals surface area contributed by atoms with Gasteiger partial charge in [-0.15, -0.1) is 5.10 Å². The molecule has 6 nitrogen and oxygen atoms in total. The minimum atomic E-state index is -0.343. The number of aliphatic hydroxyl groups is 1. The molecule has 0 radical (unpaired) electrons. The van der Waals surface area contributed by atoms with Crippen molar-refractivity contribution in [2.24, 2.45) is 0 Å². The molecular formula is C14H12N4O2. The third-order valence-corrected chi connectivity index (χ3v) is 2.51. The Labute approximate surface area is 115 Å². The highest BCUT2D eigenvalue weighted by Gasteiger charge is 2.09. The molecule has 0 atom stereocenters. The van der Waals surface area contributed by atoms with E-state index in [9.17, 15) is 4.79 Å². The maximum absolute atomic E-state index is 12.0. The monoisotopic (exact) mass is 268 g/mol. The number of anilines is 1. The molecule has 6 heteroatoms. The number of benzene rings is 1. The number of carbonyl (C=O) groups is 1. The molecule has 2 N–H and O–H groups in total. The second kappa shape index (κ2) is 6.41. The van der Waals surface area contributed by atoms with E-state index < -0.39 is 0 Å². The molecule has 0 aliphatic heterocycles. The summed E-state index contributed by atoms with van der Waals surface area (Å²) in [5.74, 6) is 5.16. The van der Waals surface area contributed by atoms with Crippen LogP contribution in [0, 0.1) is 18.8 Å². The van der Waals surface area contributed by atoms with E-state index in [4.69, 9.17) is 5.11 Å². The van der Waals surface area contributed by atoms with Gasteiger partial charge in [-0.1, -0.05) is 17.9 Å². The zero-order valence-electron chi connectivity index (χ0n) is 10.8. The minimum absolute atomic E-state index is 0.140. The van der Waals surface area contributed by atoms with Crippen molar-refractivity contribution in [3.8, 4) is 11.8 Å². The number of aryl methyl sites for hydroxylation is 1. The highest BCUT2D eigenvalue weighted by atomic mass is 16.2. The molecule has 0 fully saturated rings. The average Bonchev–Trinajstić information content (AvgIpc) is 2.47. The van der Waals surface area contributed by atoms with E-state index >= 15 is 0 Å². The van der Waals surface area contributed by atoms with Crippen molar-refractivity contribution in [3.05, 3.63) is 47.3 Å². The SMILES string of the molecule is Cc1ccc(C(=O)Nc2nccnn2)cc1C#CCO. The Balaban J connectivity index is 2.22. The summed E-state index contributed by atoms with van der Waals surface area (Å²) in [7, 11) is 0. The van der Waals surface area contributed by atoms with Crippen molar-refractivity contribution in [1.29, 1.82) is 0 Å². The largest absolute Gasteiger partial charge is 0.384 e. The molecule has 2 rings (SSSR count). The molecule has 0 aliphatic carbocycles. The molecule has 0 bridgehead atoms. The van der Waals surface area contributed by atoms with Gasteiger partial charge in [-0.2, -0.15) is 5.10 Å². The Bertz CT molecular complexity index is 675. The van der Waals surface area contributed by atoms with Crippen LogP contribution in [0.4, 0.5) is 5.95 Å². The summed E-state index contributed by atoms with van der Waals surface area (Å²) < 4.78 is 0. The quantitative estimate of drug-likeness (QED) is 0.786. The van der Waals surface area contributed by atoms with Gasteiger partial charge in [0.15, 0.2) is 0 Å². The van der Waals surface area contributed by atoms with E-state index in [1.165, 1.54) is 12.4 Å². The summed E-state index contributed by atoms with van der Waals surface area (Å²) in [4.78, 5) is 15.9. The van der Waals surface area contributed by atoms with Gasteiger partial charge in [0, 0.05) is 11.1 Å². The zero-order chi connectivity index (χ0) is 14.4. The normalized spacial score (nSPS) is 9.50. The van der Waals surface area contributed by atoms with Crippen LogP contribution in [0.2, 0.25) is 0 Å². The highest BCUT2D eigenvalue weighted by Crippen LogP contribution is 2.11. The molecule has 1 aromatic carbocycles. The molecule has 2 aromatic rings. The second-order valence-electron chi connectivity index (χ2n) is 3.91. The number of aromatic nitrogens is 3. The predicted octanol–water partition coefficient (Wildman–Crippen LogP) is 0.776. The highest BCUT2D eigenvalue weighted by molar-refractivity contribution is 6.03. The van der Waals surface area contributed by atoms with E-state index in [0.717, 1.165) is 5.56 Å².